The number of nitrogens with one attached hydrogen (secondary N) is 1. The number of benzene rings is 1. The summed E-state index contributed by atoms with van der Waals surface area (Å²) in [5.41, 5.74) is 5.49. The lowest BCUT2D eigenvalue weighted by molar-refractivity contribution is -0.126. The summed E-state index contributed by atoms with van der Waals surface area (Å²) in [7, 11) is 0. The van der Waals surface area contributed by atoms with Crippen molar-refractivity contribution in [2.24, 2.45) is 11.7 Å². The van der Waals surface area contributed by atoms with Gasteiger partial charge in [0.25, 0.3) is 5.91 Å². The first kappa shape index (κ1) is 16.7. The van der Waals surface area contributed by atoms with Crippen LogP contribution in [0.25, 0.3) is 0 Å². The first-order valence-electron chi connectivity index (χ1n) is 7.25. The van der Waals surface area contributed by atoms with Gasteiger partial charge in [-0.1, -0.05) is 17.7 Å². The average molecular weight is 328 g/mol. The normalized spacial score (nSPS) is 18.1. The van der Waals surface area contributed by atoms with E-state index in [0.29, 0.717) is 26.2 Å². The molecule has 5 nitrogen and oxygen atoms in total. The molecule has 1 unspecified atom stereocenters. The zero-order valence-corrected chi connectivity index (χ0v) is 12.9. The fourth-order valence-electron chi connectivity index (χ4n) is 2.55. The number of likely N-dealkylation sites (tertiary alicyclic amines) is 1. The van der Waals surface area contributed by atoms with Crippen molar-refractivity contribution in [3.63, 3.8) is 0 Å². The molecular weight excluding hydrogens is 309 g/mol. The highest BCUT2D eigenvalue weighted by Gasteiger charge is 2.29. The number of carbonyl (C=O) groups is 2. The number of halogens is 2. The second-order valence-corrected chi connectivity index (χ2v) is 5.65. The van der Waals surface area contributed by atoms with E-state index in [0.717, 1.165) is 12.8 Å². The molecule has 3 N–H and O–H groups in total. The van der Waals surface area contributed by atoms with Crippen LogP contribution in [0.15, 0.2) is 18.2 Å². The van der Waals surface area contributed by atoms with Gasteiger partial charge in [-0.25, -0.2) is 4.39 Å². The second kappa shape index (κ2) is 7.56. The SMILES string of the molecule is NCCNC(=O)C1CCCN(C(=O)c2cccc(F)c2Cl)C1. The lowest BCUT2D eigenvalue weighted by Crippen LogP contribution is -2.46. The van der Waals surface area contributed by atoms with Gasteiger partial charge in [-0.15, -0.1) is 0 Å². The monoisotopic (exact) mass is 327 g/mol. The van der Waals surface area contributed by atoms with Crippen molar-refractivity contribution < 1.29 is 14.0 Å². The molecule has 0 aromatic heterocycles. The van der Waals surface area contributed by atoms with Crippen LogP contribution in [0.4, 0.5) is 4.39 Å². The summed E-state index contributed by atoms with van der Waals surface area (Å²) >= 11 is 5.86. The van der Waals surface area contributed by atoms with E-state index in [9.17, 15) is 14.0 Å². The molecule has 1 aliphatic heterocycles. The predicted octanol–water partition coefficient (Wildman–Crippen LogP) is 1.41. The summed E-state index contributed by atoms with van der Waals surface area (Å²) in [6, 6.07) is 4.15. The number of nitrogens with zero attached hydrogens (tertiary/aromatic N) is 1. The molecule has 1 heterocycles. The van der Waals surface area contributed by atoms with E-state index in [1.54, 1.807) is 4.90 Å². The predicted molar refractivity (Wildman–Crippen MR) is 82.1 cm³/mol. The van der Waals surface area contributed by atoms with Crippen LogP contribution >= 0.6 is 11.6 Å². The van der Waals surface area contributed by atoms with Gasteiger partial charge in [-0.3, -0.25) is 9.59 Å². The van der Waals surface area contributed by atoms with Gasteiger partial charge >= 0.3 is 0 Å². The van der Waals surface area contributed by atoms with Crippen LogP contribution in [0.1, 0.15) is 23.2 Å². The van der Waals surface area contributed by atoms with Crippen LogP contribution in [0.2, 0.25) is 5.02 Å². The van der Waals surface area contributed by atoms with Crippen LogP contribution < -0.4 is 11.1 Å². The quantitative estimate of drug-likeness (QED) is 0.878. The van der Waals surface area contributed by atoms with E-state index in [-0.39, 0.29) is 28.3 Å². The Bertz CT molecular complexity index is 568. The molecule has 7 heteroatoms. The van der Waals surface area contributed by atoms with Gasteiger partial charge in [-0.05, 0) is 25.0 Å². The Hall–Kier alpha value is -1.66. The van der Waals surface area contributed by atoms with Gasteiger partial charge < -0.3 is 16.0 Å². The lowest BCUT2D eigenvalue weighted by Gasteiger charge is -2.32. The van der Waals surface area contributed by atoms with Crippen molar-refractivity contribution in [3.05, 3.63) is 34.6 Å². The number of hydrogen-bond donors (Lipinski definition) is 2. The topological polar surface area (TPSA) is 75.4 Å². The van der Waals surface area contributed by atoms with Crippen LogP contribution in [-0.2, 0) is 4.79 Å². The summed E-state index contributed by atoms with van der Waals surface area (Å²) < 4.78 is 13.5. The Morgan fingerprint density at radius 1 is 1.45 bits per heavy atom. The van der Waals surface area contributed by atoms with Crippen molar-refractivity contribution in [1.29, 1.82) is 0 Å². The maximum Gasteiger partial charge on any atom is 0.255 e. The van der Waals surface area contributed by atoms with Gasteiger partial charge in [0.05, 0.1) is 16.5 Å². The number of rotatable bonds is 4. The zero-order chi connectivity index (χ0) is 16.1. The Morgan fingerprint density at radius 3 is 2.95 bits per heavy atom. The minimum Gasteiger partial charge on any atom is -0.355 e. The molecule has 1 aromatic rings. The Balaban J connectivity index is 2.07. The lowest BCUT2D eigenvalue weighted by atomic mass is 9.96. The van der Waals surface area contributed by atoms with Crippen molar-refractivity contribution in [2.75, 3.05) is 26.2 Å². The number of piperidine rings is 1. The maximum absolute atomic E-state index is 13.5. The van der Waals surface area contributed by atoms with Crippen molar-refractivity contribution in [2.45, 2.75) is 12.8 Å². The summed E-state index contributed by atoms with van der Waals surface area (Å²) in [6.07, 6.45) is 1.44. The minimum absolute atomic E-state index is 0.103. The molecular formula is C15H19ClFN3O2. The molecule has 1 saturated heterocycles. The van der Waals surface area contributed by atoms with Crippen LogP contribution in [0.3, 0.4) is 0 Å². The molecule has 0 radical (unpaired) electrons. The molecule has 2 amide bonds. The molecule has 2 rings (SSSR count). The smallest absolute Gasteiger partial charge is 0.255 e. The van der Waals surface area contributed by atoms with Crippen LogP contribution in [0.5, 0.6) is 0 Å². The third kappa shape index (κ3) is 3.75. The molecule has 1 aromatic carbocycles. The Morgan fingerprint density at radius 2 is 2.23 bits per heavy atom. The van der Waals surface area contributed by atoms with Crippen LogP contribution in [-0.4, -0.2) is 42.9 Å². The van der Waals surface area contributed by atoms with Crippen molar-refractivity contribution in [3.8, 4) is 0 Å². The van der Waals surface area contributed by atoms with Crippen LogP contribution in [0, 0.1) is 11.7 Å². The molecule has 1 fully saturated rings. The van der Waals surface area contributed by atoms with E-state index in [1.165, 1.54) is 18.2 Å². The van der Waals surface area contributed by atoms with E-state index in [4.69, 9.17) is 17.3 Å². The first-order chi connectivity index (χ1) is 10.5. The highest BCUT2D eigenvalue weighted by atomic mass is 35.5. The van der Waals surface area contributed by atoms with Gasteiger partial charge in [0, 0.05) is 26.2 Å². The van der Waals surface area contributed by atoms with Gasteiger partial charge in [0.2, 0.25) is 5.91 Å². The molecule has 22 heavy (non-hydrogen) atoms. The fourth-order valence-corrected chi connectivity index (χ4v) is 2.76. The molecule has 0 saturated carbocycles. The van der Waals surface area contributed by atoms with Gasteiger partial charge in [0.15, 0.2) is 0 Å². The highest BCUT2D eigenvalue weighted by molar-refractivity contribution is 6.34. The largest absolute Gasteiger partial charge is 0.355 e. The molecule has 0 spiro atoms. The summed E-state index contributed by atoms with van der Waals surface area (Å²) in [4.78, 5) is 26.0. The zero-order valence-electron chi connectivity index (χ0n) is 12.1. The minimum atomic E-state index is -0.623. The molecule has 120 valence electrons. The standard InChI is InChI=1S/C15H19ClFN3O2/c16-13-11(4-1-5-12(13)17)15(22)20-8-2-3-10(9-20)14(21)19-7-6-18/h1,4-5,10H,2-3,6-9,18H2,(H,19,21). The first-order valence-corrected chi connectivity index (χ1v) is 7.63. The fraction of sp³-hybridized carbons (Fsp3) is 0.467. The summed E-state index contributed by atoms with van der Waals surface area (Å²) in [6.45, 7) is 1.63. The van der Waals surface area contributed by atoms with Gasteiger partial charge in [0.1, 0.15) is 5.82 Å². The second-order valence-electron chi connectivity index (χ2n) is 5.27. The number of hydrogen-bond acceptors (Lipinski definition) is 3. The highest BCUT2D eigenvalue weighted by Crippen LogP contribution is 2.24. The van der Waals surface area contributed by atoms with E-state index in [2.05, 4.69) is 5.32 Å². The maximum atomic E-state index is 13.5. The number of nitrogens with two attached hydrogens (primary N) is 1. The summed E-state index contributed by atoms with van der Waals surface area (Å²) in [5.74, 6) is -1.34. The van der Waals surface area contributed by atoms with E-state index >= 15 is 0 Å². The molecule has 0 aliphatic carbocycles. The van der Waals surface area contributed by atoms with Crippen molar-refractivity contribution in [1.82, 2.24) is 10.2 Å². The third-order valence-corrected chi connectivity index (χ3v) is 4.09. The Kier molecular flexibility index (Phi) is 5.74. The molecule has 1 aliphatic rings. The van der Waals surface area contributed by atoms with E-state index in [1.807, 2.05) is 0 Å². The average Bonchev–Trinajstić information content (AvgIpc) is 2.54. The number of carbonyl (C=O) groups excluding carboxylic acids is 2. The van der Waals surface area contributed by atoms with Crippen molar-refractivity contribution >= 4 is 23.4 Å². The Labute approximate surface area is 133 Å². The molecule has 1 atom stereocenters. The van der Waals surface area contributed by atoms with E-state index < -0.39 is 5.82 Å². The molecule has 0 bridgehead atoms. The number of amides is 2. The summed E-state index contributed by atoms with van der Waals surface area (Å²) in [5, 5.41) is 2.56. The van der Waals surface area contributed by atoms with Gasteiger partial charge in [-0.2, -0.15) is 0 Å². The third-order valence-electron chi connectivity index (χ3n) is 3.70.